The molecule has 0 bridgehead atoms. The van der Waals surface area contributed by atoms with Crippen molar-refractivity contribution in [3.05, 3.63) is 85.1 Å². The minimum Gasteiger partial charge on any atom is -0.462 e. The van der Waals surface area contributed by atoms with Gasteiger partial charge in [0.2, 0.25) is 0 Å². The second kappa shape index (κ2) is 47.3. The summed E-state index contributed by atoms with van der Waals surface area (Å²) in [6, 6.07) is 0. The number of esters is 3. The molecule has 336 valence electrons. The summed E-state index contributed by atoms with van der Waals surface area (Å²) in [5.74, 6) is -1.07. The Hall–Kier alpha value is -3.41. The predicted molar refractivity (Wildman–Crippen MR) is 251 cm³/mol. The highest BCUT2D eigenvalue weighted by atomic mass is 16.6. The summed E-state index contributed by atoms with van der Waals surface area (Å²) in [7, 11) is 0. The van der Waals surface area contributed by atoms with Gasteiger partial charge in [-0.25, -0.2) is 0 Å². The molecule has 0 saturated heterocycles. The highest BCUT2D eigenvalue weighted by molar-refractivity contribution is 5.72. The van der Waals surface area contributed by atoms with Crippen molar-refractivity contribution in [1.29, 1.82) is 0 Å². The van der Waals surface area contributed by atoms with Crippen LogP contribution < -0.4 is 0 Å². The Morgan fingerprint density at radius 1 is 0.373 bits per heavy atom. The fraction of sp³-hybridized carbons (Fsp3) is 0.679. The first-order chi connectivity index (χ1) is 29.0. The van der Waals surface area contributed by atoms with Gasteiger partial charge in [0.25, 0.3) is 0 Å². The van der Waals surface area contributed by atoms with Gasteiger partial charge in [-0.05, 0) is 96.3 Å². The lowest BCUT2D eigenvalue weighted by atomic mass is 10.1. The van der Waals surface area contributed by atoms with Crippen LogP contribution in [0.25, 0.3) is 0 Å². The average molecular weight is 821 g/mol. The molecular weight excluding hydrogens is 733 g/mol. The number of hydrogen-bond acceptors (Lipinski definition) is 6. The fourth-order valence-electron chi connectivity index (χ4n) is 6.27. The molecule has 1 atom stereocenters. The number of rotatable bonds is 42. The van der Waals surface area contributed by atoms with Gasteiger partial charge in [0.1, 0.15) is 13.2 Å². The van der Waals surface area contributed by atoms with Crippen LogP contribution in [0.15, 0.2) is 85.1 Å². The molecule has 0 radical (unpaired) electrons. The highest BCUT2D eigenvalue weighted by Crippen LogP contribution is 2.12. The van der Waals surface area contributed by atoms with Crippen LogP contribution in [0.3, 0.4) is 0 Å². The van der Waals surface area contributed by atoms with E-state index in [-0.39, 0.29) is 31.6 Å². The first kappa shape index (κ1) is 55.6. The third kappa shape index (κ3) is 45.5. The van der Waals surface area contributed by atoms with Gasteiger partial charge in [-0.3, -0.25) is 14.4 Å². The molecule has 0 rings (SSSR count). The minimum absolute atomic E-state index is 0.115. The van der Waals surface area contributed by atoms with Gasteiger partial charge in [0, 0.05) is 12.8 Å². The Morgan fingerprint density at radius 3 is 1.17 bits per heavy atom. The van der Waals surface area contributed by atoms with E-state index in [1.165, 1.54) is 77.0 Å². The van der Waals surface area contributed by atoms with E-state index in [0.29, 0.717) is 12.8 Å². The first-order valence-corrected chi connectivity index (χ1v) is 24.1. The van der Waals surface area contributed by atoms with Crippen LogP contribution in [0.1, 0.15) is 213 Å². The Labute approximate surface area is 363 Å². The third-order valence-corrected chi connectivity index (χ3v) is 9.89. The van der Waals surface area contributed by atoms with E-state index in [1.807, 2.05) is 6.08 Å². The van der Waals surface area contributed by atoms with Crippen molar-refractivity contribution in [2.75, 3.05) is 13.2 Å². The van der Waals surface area contributed by atoms with Gasteiger partial charge in [0.05, 0.1) is 6.42 Å². The Kier molecular flexibility index (Phi) is 44.5. The molecule has 6 heteroatoms. The Balaban J connectivity index is 4.54. The lowest BCUT2D eigenvalue weighted by molar-refractivity contribution is -0.166. The van der Waals surface area contributed by atoms with Crippen LogP contribution in [-0.4, -0.2) is 37.2 Å². The minimum atomic E-state index is -0.822. The van der Waals surface area contributed by atoms with E-state index in [9.17, 15) is 14.4 Å². The number of carbonyl (C=O) groups is 3. The quantitative estimate of drug-likeness (QED) is 0.0264. The molecule has 0 N–H and O–H groups in total. The molecule has 1 unspecified atom stereocenters. The summed E-state index contributed by atoms with van der Waals surface area (Å²) in [6.45, 7) is 6.37. The fourth-order valence-corrected chi connectivity index (χ4v) is 6.27. The van der Waals surface area contributed by atoms with Crippen LogP contribution in [-0.2, 0) is 28.6 Å². The molecule has 0 aromatic rings. The molecule has 0 aliphatic rings. The molecule has 0 fully saturated rings. The van der Waals surface area contributed by atoms with Crippen molar-refractivity contribution in [1.82, 2.24) is 0 Å². The molecule has 0 aliphatic heterocycles. The average Bonchev–Trinajstić information content (AvgIpc) is 3.23. The van der Waals surface area contributed by atoms with Gasteiger partial charge in [0.15, 0.2) is 6.10 Å². The molecule has 0 aliphatic carbocycles. The number of allylic oxidation sites excluding steroid dienone is 13. The second-order valence-corrected chi connectivity index (χ2v) is 15.6. The van der Waals surface area contributed by atoms with E-state index >= 15 is 0 Å². The van der Waals surface area contributed by atoms with Crippen molar-refractivity contribution >= 4 is 17.9 Å². The summed E-state index contributed by atoms with van der Waals surface area (Å²) in [5, 5.41) is 0. The summed E-state index contributed by atoms with van der Waals surface area (Å²) < 4.78 is 16.6. The second-order valence-electron chi connectivity index (χ2n) is 15.6. The van der Waals surface area contributed by atoms with Crippen molar-refractivity contribution in [2.45, 2.75) is 219 Å². The first-order valence-electron chi connectivity index (χ1n) is 24.1. The molecule has 59 heavy (non-hydrogen) atoms. The van der Waals surface area contributed by atoms with Gasteiger partial charge >= 0.3 is 17.9 Å². The van der Waals surface area contributed by atoms with E-state index in [1.54, 1.807) is 6.08 Å². The van der Waals surface area contributed by atoms with Crippen LogP contribution in [0.4, 0.5) is 0 Å². The summed E-state index contributed by atoms with van der Waals surface area (Å²) in [5.41, 5.74) is 0. The topological polar surface area (TPSA) is 78.9 Å². The maximum Gasteiger partial charge on any atom is 0.309 e. The largest absolute Gasteiger partial charge is 0.462 e. The van der Waals surface area contributed by atoms with Gasteiger partial charge < -0.3 is 14.2 Å². The van der Waals surface area contributed by atoms with Crippen molar-refractivity contribution in [3.8, 4) is 0 Å². The number of unbranched alkanes of at least 4 members (excludes halogenated alkanes) is 18. The Bertz CT molecular complexity index is 1170. The van der Waals surface area contributed by atoms with E-state index in [2.05, 4.69) is 93.7 Å². The number of ether oxygens (including phenoxy) is 3. The monoisotopic (exact) mass is 821 g/mol. The van der Waals surface area contributed by atoms with E-state index < -0.39 is 12.1 Å². The molecule has 0 spiro atoms. The third-order valence-electron chi connectivity index (χ3n) is 9.89. The van der Waals surface area contributed by atoms with Crippen molar-refractivity contribution in [2.24, 2.45) is 0 Å². The normalized spacial score (nSPS) is 12.8. The van der Waals surface area contributed by atoms with Gasteiger partial charge in [-0.15, -0.1) is 0 Å². The SMILES string of the molecule is CC/C=C\C/C=C\C/C=C\C/C=C\C/C=C\CC(=O)OCC(COC(=O)CCCCCCC/C=C\CCCCCC)OC(=O)CCCCCCC/C=C\CCCCCC. The van der Waals surface area contributed by atoms with Crippen molar-refractivity contribution < 1.29 is 28.6 Å². The lowest BCUT2D eigenvalue weighted by Crippen LogP contribution is -2.30. The number of hydrogen-bond donors (Lipinski definition) is 0. The molecule has 0 heterocycles. The maximum absolute atomic E-state index is 12.7. The van der Waals surface area contributed by atoms with E-state index in [4.69, 9.17) is 14.2 Å². The molecule has 6 nitrogen and oxygen atoms in total. The van der Waals surface area contributed by atoms with Crippen LogP contribution in [0, 0.1) is 0 Å². The van der Waals surface area contributed by atoms with Crippen LogP contribution >= 0.6 is 0 Å². The molecular formula is C53H88O6. The van der Waals surface area contributed by atoms with Gasteiger partial charge in [-0.2, -0.15) is 0 Å². The summed E-state index contributed by atoms with van der Waals surface area (Å²) in [4.78, 5) is 37.8. The van der Waals surface area contributed by atoms with Gasteiger partial charge in [-0.1, -0.05) is 183 Å². The molecule has 0 saturated carbocycles. The molecule has 0 aromatic heterocycles. The predicted octanol–water partition coefficient (Wildman–Crippen LogP) is 15.6. The lowest BCUT2D eigenvalue weighted by Gasteiger charge is -2.18. The molecule has 0 amide bonds. The number of carbonyl (C=O) groups excluding carboxylic acids is 3. The van der Waals surface area contributed by atoms with Crippen LogP contribution in [0.2, 0.25) is 0 Å². The standard InChI is InChI=1S/C53H88O6/c1-4-7-10-13-16-19-22-25-26-29-31-34-37-40-43-46-52(55)58-49-50(59-53(56)47-44-41-38-35-32-28-24-21-18-15-12-9-6-3)48-57-51(54)45-42-39-36-33-30-27-23-20-17-14-11-8-5-2/h7,10,16,19-21,23-26,31,34,40,43,50H,4-6,8-9,11-15,17-18,22,27-30,32-33,35-39,41-42,44-49H2,1-3H3/b10-7-,19-16-,23-20-,24-21-,26-25-,34-31-,43-40-. The van der Waals surface area contributed by atoms with E-state index in [0.717, 1.165) is 96.3 Å². The zero-order valence-corrected chi connectivity index (χ0v) is 38.2. The molecule has 0 aromatic carbocycles. The van der Waals surface area contributed by atoms with Crippen molar-refractivity contribution in [3.63, 3.8) is 0 Å². The smallest absolute Gasteiger partial charge is 0.309 e. The summed E-state index contributed by atoms with van der Waals surface area (Å²) in [6.07, 6.45) is 60.1. The maximum atomic E-state index is 12.7. The Morgan fingerprint density at radius 2 is 0.729 bits per heavy atom. The zero-order valence-electron chi connectivity index (χ0n) is 38.2. The highest BCUT2D eigenvalue weighted by Gasteiger charge is 2.19. The summed E-state index contributed by atoms with van der Waals surface area (Å²) >= 11 is 0. The zero-order chi connectivity index (χ0) is 43.0. The van der Waals surface area contributed by atoms with Crippen LogP contribution in [0.5, 0.6) is 0 Å².